The maximum absolute atomic E-state index is 4.18. The molecule has 0 saturated heterocycles. The van der Waals surface area contributed by atoms with Crippen LogP contribution < -0.4 is 5.32 Å². The molecule has 0 fully saturated rings. The molecule has 3 heteroatoms. The molecule has 1 N–H and O–H groups in total. The fourth-order valence-corrected chi connectivity index (χ4v) is 1.43. The van der Waals surface area contributed by atoms with Crippen molar-refractivity contribution >= 4 is 5.69 Å². The van der Waals surface area contributed by atoms with E-state index in [0.717, 1.165) is 17.8 Å². The maximum Gasteiger partial charge on any atom is 0.115 e. The van der Waals surface area contributed by atoms with Crippen LogP contribution in [-0.2, 0) is 6.42 Å². The molecule has 11 heavy (non-hydrogen) atoms. The van der Waals surface area contributed by atoms with Gasteiger partial charge in [0.15, 0.2) is 0 Å². The lowest BCUT2D eigenvalue weighted by Crippen LogP contribution is -2.27. The Balaban J connectivity index is 2.41. The van der Waals surface area contributed by atoms with Crippen molar-refractivity contribution in [3.8, 4) is 0 Å². The molecule has 0 atom stereocenters. The summed E-state index contributed by atoms with van der Waals surface area (Å²) in [5, 5.41) is 3.35. The molecule has 0 aliphatic carbocycles. The van der Waals surface area contributed by atoms with Crippen LogP contribution in [-0.4, -0.2) is 15.5 Å². The summed E-state index contributed by atoms with van der Waals surface area (Å²) in [7, 11) is 0. The molecular weight excluding hydrogens is 138 g/mol. The molecular formula is C8H11N3. The first-order valence-electron chi connectivity index (χ1n) is 3.74. The molecule has 0 aromatic carbocycles. The predicted molar refractivity (Wildman–Crippen MR) is 43.4 cm³/mol. The summed E-state index contributed by atoms with van der Waals surface area (Å²) in [6.45, 7) is 4.32. The molecule has 0 bridgehead atoms. The highest BCUT2D eigenvalue weighted by Crippen LogP contribution is 2.28. The van der Waals surface area contributed by atoms with E-state index in [1.54, 1.807) is 6.33 Å². The minimum Gasteiger partial charge on any atom is -0.377 e. The number of nitrogens with zero attached hydrogens (tertiary/aromatic N) is 2. The Labute approximate surface area is 65.9 Å². The van der Waals surface area contributed by atoms with Gasteiger partial charge in [0, 0.05) is 12.0 Å². The first kappa shape index (κ1) is 6.58. The molecule has 3 nitrogen and oxygen atoms in total. The topological polar surface area (TPSA) is 37.8 Å². The van der Waals surface area contributed by atoms with Gasteiger partial charge in [0.25, 0.3) is 0 Å². The minimum absolute atomic E-state index is 0.151. The summed E-state index contributed by atoms with van der Waals surface area (Å²) >= 11 is 0. The number of aromatic nitrogens is 2. The molecule has 0 radical (unpaired) electrons. The summed E-state index contributed by atoms with van der Waals surface area (Å²) < 4.78 is 0. The Kier molecular flexibility index (Phi) is 1.16. The van der Waals surface area contributed by atoms with Crippen LogP contribution in [0.1, 0.15) is 19.5 Å². The fourth-order valence-electron chi connectivity index (χ4n) is 1.43. The summed E-state index contributed by atoms with van der Waals surface area (Å²) in [6.07, 6.45) is 4.42. The molecule has 1 aromatic heterocycles. The van der Waals surface area contributed by atoms with Crippen LogP contribution in [0.5, 0.6) is 0 Å². The third kappa shape index (κ3) is 1.06. The molecule has 0 unspecified atom stereocenters. The van der Waals surface area contributed by atoms with Gasteiger partial charge < -0.3 is 5.32 Å². The Bertz CT molecular complexity index is 253. The van der Waals surface area contributed by atoms with Gasteiger partial charge in [-0.1, -0.05) is 0 Å². The number of anilines is 1. The second-order valence-electron chi connectivity index (χ2n) is 3.57. The Morgan fingerprint density at radius 2 is 2.36 bits per heavy atom. The third-order valence-electron chi connectivity index (χ3n) is 1.88. The molecule has 1 aliphatic heterocycles. The van der Waals surface area contributed by atoms with E-state index in [0.29, 0.717) is 0 Å². The normalized spacial score (nSPS) is 19.1. The lowest BCUT2D eigenvalue weighted by molar-refractivity contribution is 0.589. The zero-order valence-corrected chi connectivity index (χ0v) is 6.76. The fraction of sp³-hybridized carbons (Fsp3) is 0.500. The molecule has 58 valence electrons. The number of nitrogens with one attached hydrogen (secondary N) is 1. The van der Waals surface area contributed by atoms with E-state index in [-0.39, 0.29) is 5.54 Å². The lowest BCUT2D eigenvalue weighted by atomic mass is 10.0. The first-order chi connectivity index (χ1) is 5.17. The van der Waals surface area contributed by atoms with E-state index >= 15 is 0 Å². The van der Waals surface area contributed by atoms with Crippen LogP contribution >= 0.6 is 0 Å². The highest BCUT2D eigenvalue weighted by Gasteiger charge is 2.27. The quantitative estimate of drug-likeness (QED) is 0.602. The van der Waals surface area contributed by atoms with Gasteiger partial charge in [-0.05, 0) is 13.8 Å². The van der Waals surface area contributed by atoms with Crippen molar-refractivity contribution in [1.82, 2.24) is 9.97 Å². The highest BCUT2D eigenvalue weighted by atomic mass is 15.0. The van der Waals surface area contributed by atoms with E-state index < -0.39 is 0 Å². The lowest BCUT2D eigenvalue weighted by Gasteiger charge is -2.17. The van der Waals surface area contributed by atoms with Gasteiger partial charge in [-0.3, -0.25) is 0 Å². The van der Waals surface area contributed by atoms with E-state index in [1.807, 2.05) is 6.20 Å². The SMILES string of the molecule is CC1(C)Cc2ncncc2N1. The number of hydrogen-bond donors (Lipinski definition) is 1. The van der Waals surface area contributed by atoms with Crippen molar-refractivity contribution in [2.75, 3.05) is 5.32 Å². The van der Waals surface area contributed by atoms with Crippen molar-refractivity contribution in [1.29, 1.82) is 0 Å². The first-order valence-corrected chi connectivity index (χ1v) is 3.74. The van der Waals surface area contributed by atoms with Gasteiger partial charge in [-0.15, -0.1) is 0 Å². The van der Waals surface area contributed by atoms with Gasteiger partial charge in [0.1, 0.15) is 6.33 Å². The van der Waals surface area contributed by atoms with Crippen molar-refractivity contribution in [3.63, 3.8) is 0 Å². The molecule has 1 aromatic rings. The zero-order valence-electron chi connectivity index (χ0n) is 6.76. The van der Waals surface area contributed by atoms with Crippen LogP contribution in [0.2, 0.25) is 0 Å². The van der Waals surface area contributed by atoms with Gasteiger partial charge in [-0.2, -0.15) is 0 Å². The maximum atomic E-state index is 4.18. The van der Waals surface area contributed by atoms with E-state index in [2.05, 4.69) is 29.1 Å². The molecule has 1 aliphatic rings. The number of hydrogen-bond acceptors (Lipinski definition) is 3. The van der Waals surface area contributed by atoms with Crippen molar-refractivity contribution in [2.24, 2.45) is 0 Å². The summed E-state index contributed by atoms with van der Waals surface area (Å²) in [5.74, 6) is 0. The number of rotatable bonds is 0. The smallest absolute Gasteiger partial charge is 0.115 e. The van der Waals surface area contributed by atoms with Crippen LogP contribution in [0.15, 0.2) is 12.5 Å². The highest BCUT2D eigenvalue weighted by molar-refractivity contribution is 5.53. The molecule has 2 rings (SSSR count). The minimum atomic E-state index is 0.151. The van der Waals surface area contributed by atoms with Gasteiger partial charge >= 0.3 is 0 Å². The van der Waals surface area contributed by atoms with Crippen molar-refractivity contribution in [2.45, 2.75) is 25.8 Å². The van der Waals surface area contributed by atoms with Crippen LogP contribution in [0.25, 0.3) is 0 Å². The van der Waals surface area contributed by atoms with Gasteiger partial charge in [0.2, 0.25) is 0 Å². The van der Waals surface area contributed by atoms with E-state index in [9.17, 15) is 0 Å². The predicted octanol–water partition coefficient (Wildman–Crippen LogP) is 1.22. The van der Waals surface area contributed by atoms with Crippen LogP contribution in [0.3, 0.4) is 0 Å². The summed E-state index contributed by atoms with van der Waals surface area (Å²) in [4.78, 5) is 8.13. The molecule has 0 saturated carbocycles. The number of fused-ring (bicyclic) bond motifs is 1. The third-order valence-corrected chi connectivity index (χ3v) is 1.88. The monoisotopic (exact) mass is 149 g/mol. The molecule has 0 amide bonds. The second-order valence-corrected chi connectivity index (χ2v) is 3.57. The largest absolute Gasteiger partial charge is 0.377 e. The van der Waals surface area contributed by atoms with Gasteiger partial charge in [-0.25, -0.2) is 9.97 Å². The van der Waals surface area contributed by atoms with Crippen LogP contribution in [0.4, 0.5) is 5.69 Å². The summed E-state index contributed by atoms with van der Waals surface area (Å²) in [5.41, 5.74) is 2.36. The van der Waals surface area contributed by atoms with Crippen molar-refractivity contribution in [3.05, 3.63) is 18.2 Å². The zero-order chi connectivity index (χ0) is 7.90. The van der Waals surface area contributed by atoms with Crippen LogP contribution in [0, 0.1) is 0 Å². The molecule has 2 heterocycles. The molecule has 0 spiro atoms. The van der Waals surface area contributed by atoms with Gasteiger partial charge in [0.05, 0.1) is 17.6 Å². The summed E-state index contributed by atoms with van der Waals surface area (Å²) in [6, 6.07) is 0. The average Bonchev–Trinajstić information content (AvgIpc) is 2.21. The average molecular weight is 149 g/mol. The van der Waals surface area contributed by atoms with Crippen molar-refractivity contribution < 1.29 is 0 Å². The second kappa shape index (κ2) is 1.94. The Hall–Kier alpha value is -1.12. The Morgan fingerprint density at radius 1 is 1.55 bits per heavy atom. The van der Waals surface area contributed by atoms with E-state index in [4.69, 9.17) is 0 Å². The van der Waals surface area contributed by atoms with E-state index in [1.165, 1.54) is 0 Å². The Morgan fingerprint density at radius 3 is 3.09 bits per heavy atom. The standard InChI is InChI=1S/C8H11N3/c1-8(2)3-6-7(11-8)4-9-5-10-6/h4-5,11H,3H2,1-2H3.